The molecule has 1 saturated heterocycles. The fraction of sp³-hybridized carbons (Fsp3) is 1.00. The van der Waals surface area contributed by atoms with Crippen LogP contribution in [0.5, 0.6) is 0 Å². The Kier molecular flexibility index (Phi) is 4.51. The molecule has 3 heteroatoms. The Morgan fingerprint density at radius 1 is 0.700 bits per heavy atom. The van der Waals surface area contributed by atoms with Gasteiger partial charge in [-0.2, -0.15) is 0 Å². The lowest BCUT2D eigenvalue weighted by Gasteiger charge is -2.07. The minimum atomic E-state index is 0.278. The quantitative estimate of drug-likeness (QED) is 0.484. The van der Waals surface area contributed by atoms with Crippen molar-refractivity contribution < 1.29 is 14.5 Å². The molecule has 3 nitrogen and oxygen atoms in total. The van der Waals surface area contributed by atoms with Crippen LogP contribution in [0.15, 0.2) is 0 Å². The molecule has 0 atom stereocenters. The lowest BCUT2D eigenvalue weighted by Crippen LogP contribution is -2.05. The molecule has 1 aliphatic heterocycles. The zero-order chi connectivity index (χ0) is 7.07. The summed E-state index contributed by atoms with van der Waals surface area (Å²) in [7, 11) is 0. The van der Waals surface area contributed by atoms with Gasteiger partial charge in [0.2, 0.25) is 0 Å². The minimum absolute atomic E-state index is 0.278. The van der Waals surface area contributed by atoms with Crippen molar-refractivity contribution in [2.45, 2.75) is 25.7 Å². The van der Waals surface area contributed by atoms with Crippen molar-refractivity contribution in [2.75, 3.05) is 20.0 Å². The molecule has 0 aromatic heterocycles. The van der Waals surface area contributed by atoms with E-state index in [1.54, 1.807) is 0 Å². The highest BCUT2D eigenvalue weighted by Gasteiger charge is 1.95. The van der Waals surface area contributed by atoms with Gasteiger partial charge >= 0.3 is 0 Å². The lowest BCUT2D eigenvalue weighted by atomic mass is 10.2. The first kappa shape index (κ1) is 7.98. The first-order valence-electron chi connectivity index (χ1n) is 3.82. The number of ether oxygens (including phenoxy) is 1. The highest BCUT2D eigenvalue weighted by atomic mass is 17.2. The van der Waals surface area contributed by atoms with Gasteiger partial charge in [0.1, 0.15) is 0 Å². The predicted octanol–water partition coefficient (Wildman–Crippen LogP) is 1.48. The van der Waals surface area contributed by atoms with Gasteiger partial charge < -0.3 is 4.74 Å². The molecule has 0 radical (unpaired) electrons. The van der Waals surface area contributed by atoms with Crippen LogP contribution in [0.2, 0.25) is 0 Å². The van der Waals surface area contributed by atoms with Crippen LogP contribution in [-0.4, -0.2) is 20.0 Å². The Hall–Kier alpha value is -0.120. The fourth-order valence-electron chi connectivity index (χ4n) is 0.905. The van der Waals surface area contributed by atoms with Gasteiger partial charge in [-0.15, -0.1) is 0 Å². The summed E-state index contributed by atoms with van der Waals surface area (Å²) in [5.74, 6) is 0. The molecule has 0 aromatic rings. The molecule has 10 heavy (non-hydrogen) atoms. The highest BCUT2D eigenvalue weighted by molar-refractivity contribution is 4.41. The van der Waals surface area contributed by atoms with Crippen molar-refractivity contribution in [1.29, 1.82) is 0 Å². The number of rotatable bonds is 0. The second-order valence-corrected chi connectivity index (χ2v) is 2.38. The molecule has 0 N–H and O–H groups in total. The molecule has 0 aliphatic carbocycles. The zero-order valence-electron chi connectivity index (χ0n) is 6.17. The molecule has 1 aliphatic rings. The van der Waals surface area contributed by atoms with Crippen molar-refractivity contribution >= 4 is 0 Å². The van der Waals surface area contributed by atoms with Crippen molar-refractivity contribution in [1.82, 2.24) is 0 Å². The molecule has 60 valence electrons. The normalized spacial score (nSPS) is 24.0. The smallest absolute Gasteiger partial charge is 0.180 e. The average Bonchev–Trinajstić information content (AvgIpc) is 2.01. The Labute approximate surface area is 61.2 Å². The topological polar surface area (TPSA) is 27.7 Å². The van der Waals surface area contributed by atoms with Crippen LogP contribution in [0, 0.1) is 0 Å². The van der Waals surface area contributed by atoms with E-state index in [1.165, 1.54) is 12.8 Å². The van der Waals surface area contributed by atoms with E-state index in [4.69, 9.17) is 9.62 Å². The third kappa shape index (κ3) is 3.82. The van der Waals surface area contributed by atoms with Crippen LogP contribution in [0.1, 0.15) is 25.7 Å². The van der Waals surface area contributed by atoms with Crippen LogP contribution < -0.4 is 0 Å². The number of hydrogen-bond acceptors (Lipinski definition) is 3. The maximum Gasteiger partial charge on any atom is 0.180 e. The summed E-state index contributed by atoms with van der Waals surface area (Å²) in [5, 5.41) is 0. The fourth-order valence-corrected chi connectivity index (χ4v) is 0.905. The molecule has 0 saturated carbocycles. The second-order valence-electron chi connectivity index (χ2n) is 2.38. The van der Waals surface area contributed by atoms with Crippen LogP contribution in [-0.2, 0) is 14.5 Å². The standard InChI is InChI=1S/C7H14O3/c1-2-4-6-9-10-7-8-5-3-1/h1-7H2. The second kappa shape index (κ2) is 5.65. The van der Waals surface area contributed by atoms with Gasteiger partial charge in [-0.1, -0.05) is 12.8 Å². The summed E-state index contributed by atoms with van der Waals surface area (Å²) in [5.41, 5.74) is 0. The van der Waals surface area contributed by atoms with Gasteiger partial charge in [0.15, 0.2) is 6.79 Å². The molecule has 1 rings (SSSR count). The first-order chi connectivity index (χ1) is 5.00. The molecular formula is C7H14O3. The van der Waals surface area contributed by atoms with E-state index in [1.807, 2.05) is 0 Å². The minimum Gasteiger partial charge on any atom is -0.352 e. The third-order valence-corrected chi connectivity index (χ3v) is 1.48. The van der Waals surface area contributed by atoms with E-state index in [-0.39, 0.29) is 6.79 Å². The van der Waals surface area contributed by atoms with E-state index in [0.29, 0.717) is 6.61 Å². The zero-order valence-corrected chi connectivity index (χ0v) is 6.17. The molecular weight excluding hydrogens is 132 g/mol. The Balaban J connectivity index is 2.00. The van der Waals surface area contributed by atoms with Crippen molar-refractivity contribution in [2.24, 2.45) is 0 Å². The van der Waals surface area contributed by atoms with E-state index in [9.17, 15) is 0 Å². The molecule has 1 fully saturated rings. The van der Waals surface area contributed by atoms with Crippen LogP contribution in [0.4, 0.5) is 0 Å². The van der Waals surface area contributed by atoms with E-state index in [0.717, 1.165) is 19.4 Å². The maximum atomic E-state index is 5.06. The van der Waals surface area contributed by atoms with Gasteiger partial charge in [0.05, 0.1) is 6.61 Å². The Morgan fingerprint density at radius 2 is 1.50 bits per heavy atom. The molecule has 0 amide bonds. The summed E-state index contributed by atoms with van der Waals surface area (Å²) in [6, 6.07) is 0. The Bertz CT molecular complexity index is 42.0. The summed E-state index contributed by atoms with van der Waals surface area (Å²) in [6.45, 7) is 1.77. The SMILES string of the molecule is C1CCCOOCOCC1. The number of hydrogen-bond donors (Lipinski definition) is 0. The Morgan fingerprint density at radius 3 is 2.40 bits per heavy atom. The van der Waals surface area contributed by atoms with Crippen LogP contribution in [0.3, 0.4) is 0 Å². The van der Waals surface area contributed by atoms with E-state index < -0.39 is 0 Å². The maximum absolute atomic E-state index is 5.06. The van der Waals surface area contributed by atoms with Crippen molar-refractivity contribution in [3.63, 3.8) is 0 Å². The summed E-state index contributed by atoms with van der Waals surface area (Å²) >= 11 is 0. The van der Waals surface area contributed by atoms with Gasteiger partial charge in [0.25, 0.3) is 0 Å². The molecule has 0 aromatic carbocycles. The van der Waals surface area contributed by atoms with Crippen LogP contribution in [0.25, 0.3) is 0 Å². The van der Waals surface area contributed by atoms with Gasteiger partial charge in [-0.25, -0.2) is 9.78 Å². The first-order valence-corrected chi connectivity index (χ1v) is 3.82. The summed E-state index contributed by atoms with van der Waals surface area (Å²) in [4.78, 5) is 9.47. The van der Waals surface area contributed by atoms with Crippen LogP contribution >= 0.6 is 0 Å². The summed E-state index contributed by atoms with van der Waals surface area (Å²) in [6.07, 6.45) is 4.69. The van der Waals surface area contributed by atoms with E-state index in [2.05, 4.69) is 4.89 Å². The van der Waals surface area contributed by atoms with Gasteiger partial charge in [0, 0.05) is 6.61 Å². The third-order valence-electron chi connectivity index (χ3n) is 1.48. The van der Waals surface area contributed by atoms with Gasteiger partial charge in [-0.3, -0.25) is 0 Å². The lowest BCUT2D eigenvalue weighted by molar-refractivity contribution is -0.337. The average molecular weight is 146 g/mol. The molecule has 0 bridgehead atoms. The highest BCUT2D eigenvalue weighted by Crippen LogP contribution is 2.02. The molecule has 1 heterocycles. The largest absolute Gasteiger partial charge is 0.352 e. The molecule has 0 spiro atoms. The predicted molar refractivity (Wildman–Crippen MR) is 36.3 cm³/mol. The van der Waals surface area contributed by atoms with Crippen molar-refractivity contribution in [3.05, 3.63) is 0 Å². The van der Waals surface area contributed by atoms with Crippen molar-refractivity contribution in [3.8, 4) is 0 Å². The molecule has 0 unspecified atom stereocenters. The summed E-state index contributed by atoms with van der Waals surface area (Å²) < 4.78 is 5.06. The monoisotopic (exact) mass is 146 g/mol. The van der Waals surface area contributed by atoms with E-state index >= 15 is 0 Å². The van der Waals surface area contributed by atoms with Gasteiger partial charge in [-0.05, 0) is 12.8 Å².